The first-order valence-corrected chi connectivity index (χ1v) is 11.2. The van der Waals surface area contributed by atoms with E-state index in [0.29, 0.717) is 11.4 Å². The molecule has 0 aromatic heterocycles. The molecule has 150 valence electrons. The van der Waals surface area contributed by atoms with Crippen LogP contribution in [0.1, 0.15) is 36.6 Å². The SMILES string of the molecule is CCc1ccc([C@H](C)NC(=O)[C@@H]2CN(S(C)(=O)=O)c3cc(C)ccc3O2)cc1. The number of carbonyl (C=O) groups is 1. The van der Waals surface area contributed by atoms with Crippen molar-refractivity contribution >= 4 is 21.6 Å². The van der Waals surface area contributed by atoms with E-state index in [1.165, 1.54) is 9.87 Å². The fourth-order valence-electron chi connectivity index (χ4n) is 3.24. The van der Waals surface area contributed by atoms with E-state index in [-0.39, 0.29) is 18.5 Å². The van der Waals surface area contributed by atoms with Crippen LogP contribution in [0.2, 0.25) is 0 Å². The monoisotopic (exact) mass is 402 g/mol. The van der Waals surface area contributed by atoms with Gasteiger partial charge in [0.2, 0.25) is 10.0 Å². The largest absolute Gasteiger partial charge is 0.476 e. The molecule has 2 aromatic rings. The topological polar surface area (TPSA) is 75.7 Å². The zero-order valence-corrected chi connectivity index (χ0v) is 17.4. The van der Waals surface area contributed by atoms with Crippen LogP contribution in [0.3, 0.4) is 0 Å². The second-order valence-electron chi connectivity index (χ2n) is 7.20. The Bertz CT molecular complexity index is 970. The van der Waals surface area contributed by atoms with Gasteiger partial charge < -0.3 is 10.1 Å². The fourth-order valence-corrected chi connectivity index (χ4v) is 4.15. The molecule has 1 N–H and O–H groups in total. The van der Waals surface area contributed by atoms with Crippen LogP contribution < -0.4 is 14.4 Å². The number of carbonyl (C=O) groups excluding carboxylic acids is 1. The minimum atomic E-state index is -3.54. The van der Waals surface area contributed by atoms with Crippen LogP contribution in [0, 0.1) is 6.92 Å². The van der Waals surface area contributed by atoms with E-state index >= 15 is 0 Å². The predicted octanol–water partition coefficient (Wildman–Crippen LogP) is 2.96. The third-order valence-electron chi connectivity index (χ3n) is 4.92. The molecule has 6 nitrogen and oxygen atoms in total. The molecule has 7 heteroatoms. The summed E-state index contributed by atoms with van der Waals surface area (Å²) in [6.07, 6.45) is 1.18. The number of sulfonamides is 1. The van der Waals surface area contributed by atoms with Crippen molar-refractivity contribution in [2.75, 3.05) is 17.1 Å². The zero-order valence-electron chi connectivity index (χ0n) is 16.6. The summed E-state index contributed by atoms with van der Waals surface area (Å²) in [6.45, 7) is 5.81. The highest BCUT2D eigenvalue weighted by Gasteiger charge is 2.35. The molecule has 1 aliphatic heterocycles. The van der Waals surface area contributed by atoms with Crippen molar-refractivity contribution in [1.29, 1.82) is 0 Å². The van der Waals surface area contributed by atoms with E-state index in [1.54, 1.807) is 12.1 Å². The molecule has 1 heterocycles. The molecule has 0 unspecified atom stereocenters. The predicted molar refractivity (Wildman–Crippen MR) is 110 cm³/mol. The number of aryl methyl sites for hydroxylation is 2. The smallest absolute Gasteiger partial charge is 0.263 e. The Balaban J connectivity index is 1.79. The summed E-state index contributed by atoms with van der Waals surface area (Å²) in [5.41, 5.74) is 3.60. The second-order valence-corrected chi connectivity index (χ2v) is 9.10. The van der Waals surface area contributed by atoms with Gasteiger partial charge in [0.1, 0.15) is 5.75 Å². The lowest BCUT2D eigenvalue weighted by Gasteiger charge is -2.34. The van der Waals surface area contributed by atoms with Gasteiger partial charge >= 0.3 is 0 Å². The number of ether oxygens (including phenoxy) is 1. The lowest BCUT2D eigenvalue weighted by molar-refractivity contribution is -0.128. The Labute approximate surface area is 166 Å². The van der Waals surface area contributed by atoms with E-state index in [9.17, 15) is 13.2 Å². The molecule has 0 spiro atoms. The van der Waals surface area contributed by atoms with Crippen LogP contribution >= 0.6 is 0 Å². The quantitative estimate of drug-likeness (QED) is 0.834. The summed E-state index contributed by atoms with van der Waals surface area (Å²) in [4.78, 5) is 12.8. The number of amides is 1. The van der Waals surface area contributed by atoms with Crippen molar-refractivity contribution in [2.24, 2.45) is 0 Å². The summed E-state index contributed by atoms with van der Waals surface area (Å²) < 4.78 is 31.6. The molecular weight excluding hydrogens is 376 g/mol. The van der Waals surface area contributed by atoms with Gasteiger partial charge in [-0.1, -0.05) is 37.3 Å². The van der Waals surface area contributed by atoms with Crippen molar-refractivity contribution in [1.82, 2.24) is 5.32 Å². The number of fused-ring (bicyclic) bond motifs is 1. The minimum absolute atomic E-state index is 0.0530. The average molecular weight is 403 g/mol. The molecule has 0 bridgehead atoms. The Hall–Kier alpha value is -2.54. The Morgan fingerprint density at radius 3 is 2.54 bits per heavy atom. The molecular formula is C21H26N2O4S. The molecule has 0 saturated heterocycles. The van der Waals surface area contributed by atoms with Gasteiger partial charge in [-0.05, 0) is 49.1 Å². The van der Waals surface area contributed by atoms with Gasteiger partial charge in [-0.2, -0.15) is 0 Å². The number of rotatable bonds is 5. The van der Waals surface area contributed by atoms with E-state index in [2.05, 4.69) is 12.2 Å². The van der Waals surface area contributed by atoms with Crippen LogP contribution in [-0.4, -0.2) is 33.2 Å². The Morgan fingerprint density at radius 1 is 1.25 bits per heavy atom. The van der Waals surface area contributed by atoms with Gasteiger partial charge in [0.15, 0.2) is 6.10 Å². The Kier molecular flexibility index (Phi) is 5.65. The van der Waals surface area contributed by atoms with Gasteiger partial charge in [0, 0.05) is 0 Å². The van der Waals surface area contributed by atoms with Crippen molar-refractivity contribution in [3.05, 3.63) is 59.2 Å². The van der Waals surface area contributed by atoms with Crippen molar-refractivity contribution in [3.63, 3.8) is 0 Å². The van der Waals surface area contributed by atoms with Crippen LogP contribution in [0.15, 0.2) is 42.5 Å². The van der Waals surface area contributed by atoms with Gasteiger partial charge in [0.05, 0.1) is 24.5 Å². The lowest BCUT2D eigenvalue weighted by Crippen LogP contribution is -2.50. The minimum Gasteiger partial charge on any atom is -0.476 e. The normalized spacial score (nSPS) is 17.4. The maximum atomic E-state index is 12.8. The molecule has 1 amide bonds. The highest BCUT2D eigenvalue weighted by molar-refractivity contribution is 7.92. The number of benzene rings is 2. The van der Waals surface area contributed by atoms with Crippen LogP contribution in [-0.2, 0) is 21.2 Å². The highest BCUT2D eigenvalue weighted by atomic mass is 32.2. The molecule has 0 saturated carbocycles. The third-order valence-corrected chi connectivity index (χ3v) is 6.07. The van der Waals surface area contributed by atoms with Gasteiger partial charge in [-0.25, -0.2) is 8.42 Å². The summed E-state index contributed by atoms with van der Waals surface area (Å²) in [7, 11) is -3.54. The highest BCUT2D eigenvalue weighted by Crippen LogP contribution is 2.35. The van der Waals surface area contributed by atoms with E-state index in [1.807, 2.05) is 44.2 Å². The van der Waals surface area contributed by atoms with Crippen LogP contribution in [0.25, 0.3) is 0 Å². The van der Waals surface area contributed by atoms with Crippen molar-refractivity contribution < 1.29 is 17.9 Å². The first-order valence-electron chi connectivity index (χ1n) is 9.33. The molecule has 28 heavy (non-hydrogen) atoms. The number of nitrogens with one attached hydrogen (secondary N) is 1. The lowest BCUT2D eigenvalue weighted by atomic mass is 10.0. The first kappa shape index (κ1) is 20.2. The molecule has 0 radical (unpaired) electrons. The first-order chi connectivity index (χ1) is 13.2. The molecule has 2 atom stereocenters. The summed E-state index contributed by atoms with van der Waals surface area (Å²) >= 11 is 0. The summed E-state index contributed by atoms with van der Waals surface area (Å²) in [5.74, 6) is 0.0503. The standard InChI is InChI=1S/C21H26N2O4S/c1-5-16-7-9-17(10-8-16)15(3)22-21(24)20-13-23(28(4,25)26)18-12-14(2)6-11-19(18)27-20/h6-12,15,20H,5,13H2,1-4H3,(H,22,24)/t15-,20-/m0/s1. The van der Waals surface area contributed by atoms with E-state index in [0.717, 1.165) is 23.8 Å². The number of hydrogen-bond donors (Lipinski definition) is 1. The molecule has 2 aromatic carbocycles. The number of anilines is 1. The molecule has 1 aliphatic rings. The number of nitrogens with zero attached hydrogens (tertiary/aromatic N) is 1. The zero-order chi connectivity index (χ0) is 20.5. The van der Waals surface area contributed by atoms with Gasteiger partial charge in [-0.15, -0.1) is 0 Å². The average Bonchev–Trinajstić information content (AvgIpc) is 2.66. The van der Waals surface area contributed by atoms with Crippen molar-refractivity contribution in [2.45, 2.75) is 39.3 Å². The third kappa shape index (κ3) is 4.30. The molecule has 3 rings (SSSR count). The molecule has 0 aliphatic carbocycles. The summed E-state index contributed by atoms with van der Waals surface area (Å²) in [6, 6.07) is 13.1. The second kappa shape index (κ2) is 7.83. The maximum Gasteiger partial charge on any atom is 0.263 e. The van der Waals surface area contributed by atoms with Crippen molar-refractivity contribution in [3.8, 4) is 5.75 Å². The van der Waals surface area contributed by atoms with E-state index in [4.69, 9.17) is 4.74 Å². The van der Waals surface area contributed by atoms with Crippen LogP contribution in [0.4, 0.5) is 5.69 Å². The van der Waals surface area contributed by atoms with Gasteiger partial charge in [0.25, 0.3) is 5.91 Å². The van der Waals surface area contributed by atoms with Gasteiger partial charge in [-0.3, -0.25) is 9.10 Å². The maximum absolute atomic E-state index is 12.8. The fraction of sp³-hybridized carbons (Fsp3) is 0.381. The van der Waals surface area contributed by atoms with E-state index < -0.39 is 16.1 Å². The van der Waals surface area contributed by atoms with Crippen LogP contribution in [0.5, 0.6) is 5.75 Å². The summed E-state index contributed by atoms with van der Waals surface area (Å²) in [5, 5.41) is 2.93. The number of hydrogen-bond acceptors (Lipinski definition) is 4. The molecule has 0 fully saturated rings. The Morgan fingerprint density at radius 2 is 1.93 bits per heavy atom.